The van der Waals surface area contributed by atoms with Crippen LogP contribution in [-0.2, 0) is 4.79 Å². The molecule has 0 spiro atoms. The zero-order chi connectivity index (χ0) is 17.6. The second kappa shape index (κ2) is 10.4. The molecule has 0 saturated carbocycles. The number of halogens is 1. The van der Waals surface area contributed by atoms with E-state index in [1.54, 1.807) is 0 Å². The number of nitrogens with one attached hydrogen (secondary N) is 2. The number of carbonyl (C=O) groups is 1. The fourth-order valence-corrected chi connectivity index (χ4v) is 4.63. The van der Waals surface area contributed by atoms with Gasteiger partial charge in [-0.1, -0.05) is 25.1 Å². The van der Waals surface area contributed by atoms with Crippen LogP contribution in [0.25, 0.3) is 0 Å². The van der Waals surface area contributed by atoms with Crippen LogP contribution in [0.15, 0.2) is 29.3 Å². The molecule has 1 amide bonds. The van der Waals surface area contributed by atoms with Crippen LogP contribution in [0.3, 0.4) is 0 Å². The van der Waals surface area contributed by atoms with Crippen molar-refractivity contribution in [1.82, 2.24) is 10.2 Å². The van der Waals surface area contributed by atoms with Gasteiger partial charge < -0.3 is 15.5 Å². The van der Waals surface area contributed by atoms with Crippen molar-refractivity contribution in [2.24, 2.45) is 4.99 Å². The summed E-state index contributed by atoms with van der Waals surface area (Å²) in [5.41, 5.74) is 2.06. The number of hydrogen-bond acceptors (Lipinski definition) is 3. The van der Waals surface area contributed by atoms with Gasteiger partial charge in [0.05, 0.1) is 5.92 Å². The summed E-state index contributed by atoms with van der Waals surface area (Å²) in [5.74, 6) is 2.17. The van der Waals surface area contributed by atoms with E-state index >= 15 is 0 Å². The summed E-state index contributed by atoms with van der Waals surface area (Å²) in [6.07, 6.45) is 1.94. The number of benzene rings is 1. The molecule has 7 heteroatoms. The Morgan fingerprint density at radius 2 is 2.19 bits per heavy atom. The lowest BCUT2D eigenvalue weighted by Gasteiger charge is -2.34. The molecule has 2 aliphatic rings. The van der Waals surface area contributed by atoms with Crippen LogP contribution in [0, 0.1) is 0 Å². The minimum absolute atomic E-state index is 0. The Bertz CT molecular complexity index is 640. The first-order chi connectivity index (χ1) is 12.2. The Hall–Kier alpha value is -0.960. The van der Waals surface area contributed by atoms with Crippen molar-refractivity contribution < 1.29 is 4.79 Å². The molecule has 0 aliphatic carbocycles. The van der Waals surface area contributed by atoms with Crippen molar-refractivity contribution in [3.05, 3.63) is 29.8 Å². The van der Waals surface area contributed by atoms with Gasteiger partial charge in [-0.2, -0.15) is 11.8 Å². The number of para-hydroxylation sites is 1. The summed E-state index contributed by atoms with van der Waals surface area (Å²) < 4.78 is 0. The smallest absolute Gasteiger partial charge is 0.232 e. The van der Waals surface area contributed by atoms with Crippen LogP contribution in [0.1, 0.15) is 38.2 Å². The maximum atomic E-state index is 12.2. The molecule has 1 aromatic carbocycles. The summed E-state index contributed by atoms with van der Waals surface area (Å²) in [6, 6.07) is 7.97. The highest BCUT2D eigenvalue weighted by molar-refractivity contribution is 14.0. The van der Waals surface area contributed by atoms with E-state index in [1.165, 1.54) is 6.42 Å². The summed E-state index contributed by atoms with van der Waals surface area (Å²) in [6.45, 7) is 7.98. The molecule has 0 radical (unpaired) electrons. The van der Waals surface area contributed by atoms with E-state index < -0.39 is 0 Å². The van der Waals surface area contributed by atoms with Crippen molar-refractivity contribution in [1.29, 1.82) is 0 Å². The Labute approximate surface area is 177 Å². The van der Waals surface area contributed by atoms with Gasteiger partial charge in [-0.25, -0.2) is 0 Å². The molecule has 1 aromatic rings. The second-order valence-corrected chi connectivity index (χ2v) is 7.91. The fourth-order valence-electron chi connectivity index (χ4n) is 3.45. The number of aliphatic imine (C=N–C) groups is 1. The minimum atomic E-state index is -0.0804. The molecule has 1 fully saturated rings. The first-order valence-electron chi connectivity index (χ1n) is 9.27. The number of thioether (sulfide) groups is 1. The SMILES string of the molecule is CCNC(=NCCC1C(=O)Nc2ccccc21)N1CCSC(CC)C1.I. The largest absolute Gasteiger partial charge is 0.357 e. The van der Waals surface area contributed by atoms with Crippen molar-refractivity contribution in [2.75, 3.05) is 37.2 Å². The zero-order valence-corrected chi connectivity index (χ0v) is 18.7. The third kappa shape index (κ3) is 5.06. The third-order valence-electron chi connectivity index (χ3n) is 4.82. The number of nitrogens with zero attached hydrogens (tertiary/aromatic N) is 2. The van der Waals surface area contributed by atoms with Gasteiger partial charge in [0.1, 0.15) is 0 Å². The number of hydrogen-bond donors (Lipinski definition) is 2. The zero-order valence-electron chi connectivity index (χ0n) is 15.5. The first kappa shape index (κ1) is 21.3. The molecule has 2 aliphatic heterocycles. The predicted molar refractivity (Wildman–Crippen MR) is 122 cm³/mol. The molecule has 2 heterocycles. The van der Waals surface area contributed by atoms with Gasteiger partial charge in [0.25, 0.3) is 0 Å². The van der Waals surface area contributed by atoms with Crippen LogP contribution >= 0.6 is 35.7 Å². The van der Waals surface area contributed by atoms with Crippen LogP contribution < -0.4 is 10.6 Å². The molecule has 2 atom stereocenters. The van der Waals surface area contributed by atoms with Crippen LogP contribution in [0.2, 0.25) is 0 Å². The number of anilines is 1. The standard InChI is InChI=1S/C19H28N4OS.HI/c1-3-14-13-23(11-12-25-14)19(20-4-2)21-10-9-16-15-7-5-6-8-17(15)22-18(16)24;/h5-8,14,16H,3-4,9-13H2,1-2H3,(H,20,21)(H,22,24);1H. The highest BCUT2D eigenvalue weighted by atomic mass is 127. The molecule has 144 valence electrons. The number of amides is 1. The van der Waals surface area contributed by atoms with E-state index in [-0.39, 0.29) is 35.8 Å². The van der Waals surface area contributed by atoms with E-state index in [1.807, 2.05) is 24.3 Å². The number of fused-ring (bicyclic) bond motifs is 1. The molecule has 26 heavy (non-hydrogen) atoms. The minimum Gasteiger partial charge on any atom is -0.357 e. The average Bonchev–Trinajstić information content (AvgIpc) is 2.96. The lowest BCUT2D eigenvalue weighted by Crippen LogP contribution is -2.48. The van der Waals surface area contributed by atoms with Gasteiger partial charge in [-0.3, -0.25) is 9.79 Å². The van der Waals surface area contributed by atoms with Crippen LogP contribution in [0.5, 0.6) is 0 Å². The van der Waals surface area contributed by atoms with E-state index in [0.717, 1.165) is 49.0 Å². The number of carbonyl (C=O) groups excluding carboxylic acids is 1. The Balaban J connectivity index is 0.00000243. The van der Waals surface area contributed by atoms with E-state index in [9.17, 15) is 4.79 Å². The topological polar surface area (TPSA) is 56.7 Å². The van der Waals surface area contributed by atoms with Crippen molar-refractivity contribution >= 4 is 53.3 Å². The number of guanidine groups is 1. The molecule has 3 rings (SSSR count). The third-order valence-corrected chi connectivity index (χ3v) is 6.19. The monoisotopic (exact) mass is 488 g/mol. The Kier molecular flexibility index (Phi) is 8.53. The highest BCUT2D eigenvalue weighted by Gasteiger charge is 2.29. The van der Waals surface area contributed by atoms with Crippen LogP contribution in [-0.4, -0.2) is 53.9 Å². The molecule has 1 saturated heterocycles. The predicted octanol–water partition coefficient (Wildman–Crippen LogP) is 3.52. The maximum absolute atomic E-state index is 12.2. The molecular weight excluding hydrogens is 459 g/mol. The van der Waals surface area contributed by atoms with Crippen molar-refractivity contribution in [3.63, 3.8) is 0 Å². The van der Waals surface area contributed by atoms with Gasteiger partial charge in [0, 0.05) is 42.9 Å². The summed E-state index contributed by atoms with van der Waals surface area (Å²) in [4.78, 5) is 19.4. The normalized spacial score (nSPS) is 22.5. The molecule has 2 unspecified atom stereocenters. The molecule has 2 N–H and O–H groups in total. The van der Waals surface area contributed by atoms with E-state index in [4.69, 9.17) is 4.99 Å². The highest BCUT2D eigenvalue weighted by Crippen LogP contribution is 2.34. The summed E-state index contributed by atoms with van der Waals surface area (Å²) >= 11 is 2.06. The van der Waals surface area contributed by atoms with Crippen LogP contribution in [0.4, 0.5) is 5.69 Å². The Morgan fingerprint density at radius 1 is 1.38 bits per heavy atom. The van der Waals surface area contributed by atoms with Crippen molar-refractivity contribution in [2.45, 2.75) is 37.9 Å². The van der Waals surface area contributed by atoms with Gasteiger partial charge in [0.2, 0.25) is 5.91 Å². The van der Waals surface area contributed by atoms with Gasteiger partial charge in [-0.05, 0) is 31.4 Å². The number of rotatable bonds is 5. The lowest BCUT2D eigenvalue weighted by atomic mass is 9.97. The lowest BCUT2D eigenvalue weighted by molar-refractivity contribution is -0.117. The quantitative estimate of drug-likeness (QED) is 0.379. The summed E-state index contributed by atoms with van der Waals surface area (Å²) in [7, 11) is 0. The summed E-state index contributed by atoms with van der Waals surface area (Å²) in [5, 5.41) is 7.08. The molecule has 5 nitrogen and oxygen atoms in total. The van der Waals surface area contributed by atoms with E-state index in [2.05, 4.69) is 41.1 Å². The molecule has 0 bridgehead atoms. The Morgan fingerprint density at radius 3 is 2.96 bits per heavy atom. The first-order valence-corrected chi connectivity index (χ1v) is 10.3. The molecule has 0 aromatic heterocycles. The second-order valence-electron chi connectivity index (χ2n) is 6.50. The van der Waals surface area contributed by atoms with Gasteiger partial charge >= 0.3 is 0 Å². The van der Waals surface area contributed by atoms with E-state index in [0.29, 0.717) is 11.8 Å². The van der Waals surface area contributed by atoms with Crippen molar-refractivity contribution in [3.8, 4) is 0 Å². The maximum Gasteiger partial charge on any atom is 0.232 e. The van der Waals surface area contributed by atoms with Gasteiger partial charge in [0.15, 0.2) is 5.96 Å². The fraction of sp³-hybridized carbons (Fsp3) is 0.579. The average molecular weight is 488 g/mol. The molecular formula is C19H29IN4OS. The van der Waals surface area contributed by atoms with Gasteiger partial charge in [-0.15, -0.1) is 24.0 Å².